The molecule has 0 aliphatic carbocycles. The van der Waals surface area contributed by atoms with Crippen molar-refractivity contribution in [1.82, 2.24) is 0 Å². The van der Waals surface area contributed by atoms with Gasteiger partial charge >= 0.3 is 0 Å². The molecule has 0 bridgehead atoms. The highest BCUT2D eigenvalue weighted by Crippen LogP contribution is 1.69. The predicted octanol–water partition coefficient (Wildman–Crippen LogP) is -0.411. The summed E-state index contributed by atoms with van der Waals surface area (Å²) in [6, 6.07) is 0. The van der Waals surface area contributed by atoms with Crippen molar-refractivity contribution in [1.29, 1.82) is 10.8 Å². The van der Waals surface area contributed by atoms with Crippen LogP contribution in [0.5, 0.6) is 0 Å². The fourth-order valence-corrected chi connectivity index (χ4v) is 0.211. The smallest absolute Gasteiger partial charge is 0.224 e. The molecule has 4 N–H and O–H groups in total. The molecule has 8 heavy (non-hydrogen) atoms. The van der Waals surface area contributed by atoms with Gasteiger partial charge in [0, 0.05) is 6.54 Å². The third-order valence-electron chi connectivity index (χ3n) is 0.507. The fourth-order valence-electron chi connectivity index (χ4n) is 0.211. The number of hydrogen-bond donors (Lipinski definition) is 3. The van der Waals surface area contributed by atoms with E-state index >= 15 is 0 Å². The Morgan fingerprint density at radius 2 is 2.38 bits per heavy atom. The Kier molecular flexibility index (Phi) is 3.78. The Hall–Kier alpha value is -0.900. The largest absolute Gasteiger partial charge is 0.476 e. The lowest BCUT2D eigenvalue weighted by molar-refractivity contribution is 0.320. The van der Waals surface area contributed by atoms with Gasteiger partial charge in [-0.1, -0.05) is 0 Å². The van der Waals surface area contributed by atoms with E-state index in [-0.39, 0.29) is 5.90 Å². The maximum absolute atomic E-state index is 6.72. The van der Waals surface area contributed by atoms with Gasteiger partial charge in [0.05, 0.1) is 6.21 Å². The van der Waals surface area contributed by atoms with Gasteiger partial charge in [-0.3, -0.25) is 5.41 Å². The van der Waals surface area contributed by atoms with E-state index in [0.29, 0.717) is 13.2 Å². The van der Waals surface area contributed by atoms with Gasteiger partial charge in [-0.15, -0.1) is 0 Å². The number of nitrogens with one attached hydrogen (secondary N) is 2. The van der Waals surface area contributed by atoms with Crippen LogP contribution in [0, 0.1) is 10.8 Å². The minimum Gasteiger partial charge on any atom is -0.476 e. The van der Waals surface area contributed by atoms with Gasteiger partial charge in [0.25, 0.3) is 0 Å². The predicted molar refractivity (Wildman–Crippen MR) is 31.5 cm³/mol. The van der Waals surface area contributed by atoms with E-state index in [2.05, 4.69) is 4.74 Å². The van der Waals surface area contributed by atoms with Crippen molar-refractivity contribution >= 4 is 12.1 Å². The summed E-state index contributed by atoms with van der Waals surface area (Å²) in [6.45, 7) is 0.699. The maximum atomic E-state index is 6.72. The lowest BCUT2D eigenvalue weighted by Crippen LogP contribution is -2.13. The normalized spacial score (nSPS) is 8.12. The van der Waals surface area contributed by atoms with Crippen molar-refractivity contribution in [2.45, 2.75) is 0 Å². The van der Waals surface area contributed by atoms with Gasteiger partial charge in [-0.2, -0.15) is 0 Å². The number of ether oxygens (including phenoxy) is 1. The molecule has 0 aromatic rings. The van der Waals surface area contributed by atoms with Gasteiger partial charge < -0.3 is 15.9 Å². The first-order chi connectivity index (χ1) is 3.81. The van der Waals surface area contributed by atoms with Crippen LogP contribution < -0.4 is 5.73 Å². The SMILES string of the molecule is N=CC(=N)OCCN. The molecule has 0 unspecified atom stereocenters. The molecule has 0 aliphatic heterocycles. The monoisotopic (exact) mass is 115 g/mol. The molecule has 0 atom stereocenters. The molecule has 0 rings (SSSR count). The molecule has 0 saturated carbocycles. The average Bonchev–Trinajstić information content (AvgIpc) is 1.83. The van der Waals surface area contributed by atoms with E-state index in [1.165, 1.54) is 0 Å². The summed E-state index contributed by atoms with van der Waals surface area (Å²) >= 11 is 0. The van der Waals surface area contributed by atoms with Gasteiger partial charge in [0.2, 0.25) is 5.90 Å². The summed E-state index contributed by atoms with van der Waals surface area (Å²) in [6.07, 6.45) is 0.829. The second kappa shape index (κ2) is 4.26. The standard InChI is InChI=1S/C4H9N3O/c5-1-2-8-4(7)3-6/h3,6-7H,1-2,5H2. The second-order valence-electron chi connectivity index (χ2n) is 1.15. The van der Waals surface area contributed by atoms with E-state index in [4.69, 9.17) is 16.6 Å². The molecule has 0 radical (unpaired) electrons. The maximum Gasteiger partial charge on any atom is 0.224 e. The topological polar surface area (TPSA) is 83.0 Å². The average molecular weight is 115 g/mol. The summed E-state index contributed by atoms with van der Waals surface area (Å²) in [5.74, 6) is -0.143. The molecule has 46 valence electrons. The Bertz CT molecular complexity index is 91.3. The highest BCUT2D eigenvalue weighted by Gasteiger charge is 1.86. The van der Waals surface area contributed by atoms with Crippen molar-refractivity contribution < 1.29 is 4.74 Å². The highest BCUT2D eigenvalue weighted by atomic mass is 16.5. The summed E-state index contributed by atoms with van der Waals surface area (Å²) in [7, 11) is 0. The van der Waals surface area contributed by atoms with Crippen LogP contribution in [-0.4, -0.2) is 25.3 Å². The van der Waals surface area contributed by atoms with Crippen LogP contribution in [0.25, 0.3) is 0 Å². The van der Waals surface area contributed by atoms with E-state index in [9.17, 15) is 0 Å². The zero-order valence-corrected chi connectivity index (χ0v) is 4.48. The van der Waals surface area contributed by atoms with Crippen LogP contribution in [0.2, 0.25) is 0 Å². The molecule has 0 heterocycles. The molecule has 0 aromatic heterocycles. The lowest BCUT2D eigenvalue weighted by Gasteiger charge is -1.97. The molecular formula is C4H9N3O. The number of nitrogens with two attached hydrogens (primary N) is 1. The summed E-state index contributed by atoms with van der Waals surface area (Å²) in [5, 5.41) is 13.2. The van der Waals surface area contributed by atoms with Gasteiger partial charge in [0.1, 0.15) is 6.61 Å². The lowest BCUT2D eigenvalue weighted by atomic mass is 10.7. The minimum atomic E-state index is -0.143. The fraction of sp³-hybridized carbons (Fsp3) is 0.500. The Morgan fingerprint density at radius 1 is 1.75 bits per heavy atom. The first-order valence-corrected chi connectivity index (χ1v) is 2.23. The first-order valence-electron chi connectivity index (χ1n) is 2.23. The summed E-state index contributed by atoms with van der Waals surface area (Å²) < 4.78 is 4.56. The van der Waals surface area contributed by atoms with Crippen LogP contribution in [0.4, 0.5) is 0 Å². The molecule has 4 nitrogen and oxygen atoms in total. The van der Waals surface area contributed by atoms with Crippen molar-refractivity contribution in [2.75, 3.05) is 13.2 Å². The van der Waals surface area contributed by atoms with E-state index < -0.39 is 0 Å². The van der Waals surface area contributed by atoms with Crippen molar-refractivity contribution in [3.63, 3.8) is 0 Å². The van der Waals surface area contributed by atoms with Crippen molar-refractivity contribution in [2.24, 2.45) is 5.73 Å². The highest BCUT2D eigenvalue weighted by molar-refractivity contribution is 6.23. The molecule has 0 aliphatic rings. The van der Waals surface area contributed by atoms with E-state index in [1.807, 2.05) is 0 Å². The molecule has 0 spiro atoms. The Morgan fingerprint density at radius 3 is 2.75 bits per heavy atom. The molecular weight excluding hydrogens is 106 g/mol. The van der Waals surface area contributed by atoms with Gasteiger partial charge in [-0.25, -0.2) is 0 Å². The summed E-state index contributed by atoms with van der Waals surface area (Å²) in [5.41, 5.74) is 5.03. The molecule has 0 aromatic carbocycles. The Balaban J connectivity index is 3.11. The zero-order valence-electron chi connectivity index (χ0n) is 4.48. The number of rotatable bonds is 3. The van der Waals surface area contributed by atoms with Crippen LogP contribution in [0.15, 0.2) is 0 Å². The first kappa shape index (κ1) is 7.10. The molecule has 0 saturated heterocycles. The van der Waals surface area contributed by atoms with Crippen molar-refractivity contribution in [3.8, 4) is 0 Å². The Labute approximate surface area is 47.7 Å². The van der Waals surface area contributed by atoms with Crippen molar-refractivity contribution in [3.05, 3.63) is 0 Å². The summed E-state index contributed by atoms with van der Waals surface area (Å²) in [4.78, 5) is 0. The molecule has 4 heteroatoms. The third kappa shape index (κ3) is 3.30. The molecule has 0 fully saturated rings. The number of hydrogen-bond acceptors (Lipinski definition) is 4. The van der Waals surface area contributed by atoms with Crippen LogP contribution in [0.1, 0.15) is 0 Å². The van der Waals surface area contributed by atoms with Crippen LogP contribution in [-0.2, 0) is 4.74 Å². The van der Waals surface area contributed by atoms with Gasteiger partial charge in [-0.05, 0) is 0 Å². The van der Waals surface area contributed by atoms with Crippen LogP contribution >= 0.6 is 0 Å². The zero-order chi connectivity index (χ0) is 6.41. The minimum absolute atomic E-state index is 0.143. The van der Waals surface area contributed by atoms with Crippen LogP contribution in [0.3, 0.4) is 0 Å². The van der Waals surface area contributed by atoms with Gasteiger partial charge in [0.15, 0.2) is 0 Å². The van der Waals surface area contributed by atoms with E-state index in [0.717, 1.165) is 6.21 Å². The quantitative estimate of drug-likeness (QED) is 0.345. The second-order valence-corrected chi connectivity index (χ2v) is 1.15. The molecule has 0 amide bonds. The third-order valence-corrected chi connectivity index (χ3v) is 0.507. The van der Waals surface area contributed by atoms with E-state index in [1.54, 1.807) is 0 Å².